The average molecular weight is 149 g/mol. The van der Waals surface area contributed by atoms with E-state index in [1.807, 2.05) is 6.92 Å². The predicted molar refractivity (Wildman–Crippen MR) is 45.3 cm³/mol. The van der Waals surface area contributed by atoms with Gasteiger partial charge in [-0.25, -0.2) is 4.98 Å². The van der Waals surface area contributed by atoms with Crippen LogP contribution in [-0.4, -0.2) is 4.98 Å². The molecule has 1 aromatic heterocycles. The maximum Gasteiger partial charge on any atom is 0.195 e. The molecule has 0 bridgehead atoms. The summed E-state index contributed by atoms with van der Waals surface area (Å²) in [6, 6.07) is 0. The summed E-state index contributed by atoms with van der Waals surface area (Å²) in [6.07, 6.45) is 4.25. The van der Waals surface area contributed by atoms with Gasteiger partial charge in [-0.1, -0.05) is 26.2 Å². The molecule has 0 radical (unpaired) electrons. The minimum Gasteiger partial charge on any atom is -0.441 e. The molecule has 0 atom stereocenters. The first-order chi connectivity index (χ1) is 5.27. The van der Waals surface area contributed by atoms with Gasteiger partial charge in [0.1, 0.15) is 10.8 Å². The Morgan fingerprint density at radius 1 is 1.64 bits per heavy atom. The van der Waals surface area contributed by atoms with E-state index in [1.54, 1.807) is 12.2 Å². The van der Waals surface area contributed by atoms with Crippen molar-refractivity contribution in [3.63, 3.8) is 0 Å². The third-order valence-corrected chi connectivity index (χ3v) is 1.35. The Morgan fingerprint density at radius 2 is 2.36 bits per heavy atom. The molecule has 0 unspecified atom stereocenters. The molecule has 0 amide bonds. The number of allylic oxidation sites excluding steroid dienone is 1. The highest BCUT2D eigenvalue weighted by Gasteiger charge is 1.94. The van der Waals surface area contributed by atoms with Crippen molar-refractivity contribution in [3.05, 3.63) is 29.3 Å². The predicted octanol–water partition coefficient (Wildman–Crippen LogP) is 0.614. The summed E-state index contributed by atoms with van der Waals surface area (Å²) in [6.45, 7) is 9.26. The Kier molecular flexibility index (Phi) is 2.26. The lowest BCUT2D eigenvalue weighted by Crippen LogP contribution is -2.19. The number of hydrogen-bond donors (Lipinski definition) is 0. The Balaban J connectivity index is 3.28. The van der Waals surface area contributed by atoms with E-state index < -0.39 is 0 Å². The van der Waals surface area contributed by atoms with Crippen molar-refractivity contribution in [3.8, 4) is 0 Å². The maximum absolute atomic E-state index is 5.22. The van der Waals surface area contributed by atoms with Gasteiger partial charge in [0.2, 0.25) is 0 Å². The SMILES string of the molecule is C=C/C=c1/nc(CC)oc1=C. The molecule has 11 heavy (non-hydrogen) atoms. The van der Waals surface area contributed by atoms with E-state index in [1.165, 1.54) is 0 Å². The smallest absolute Gasteiger partial charge is 0.195 e. The van der Waals surface area contributed by atoms with Crippen LogP contribution in [0.25, 0.3) is 12.7 Å². The van der Waals surface area contributed by atoms with E-state index >= 15 is 0 Å². The lowest BCUT2D eigenvalue weighted by molar-refractivity contribution is 0.476. The van der Waals surface area contributed by atoms with E-state index in [0.717, 1.165) is 17.7 Å². The van der Waals surface area contributed by atoms with Crippen LogP contribution in [0.2, 0.25) is 0 Å². The minimum atomic E-state index is 0.613. The van der Waals surface area contributed by atoms with Crippen LogP contribution in [0, 0.1) is 0 Å². The van der Waals surface area contributed by atoms with Gasteiger partial charge in [0.25, 0.3) is 0 Å². The summed E-state index contributed by atoms with van der Waals surface area (Å²) in [5.41, 5.74) is 0.613. The number of nitrogens with zero attached hydrogens (tertiary/aromatic N) is 1. The normalized spacial score (nSPS) is 11.9. The van der Waals surface area contributed by atoms with Crippen LogP contribution in [-0.2, 0) is 6.42 Å². The van der Waals surface area contributed by atoms with Gasteiger partial charge >= 0.3 is 0 Å². The Bertz CT molecular complexity index is 348. The molecule has 0 aliphatic rings. The summed E-state index contributed by atoms with van der Waals surface area (Å²) < 4.78 is 5.22. The highest BCUT2D eigenvalue weighted by molar-refractivity contribution is 5.31. The fourth-order valence-electron chi connectivity index (χ4n) is 0.807. The fraction of sp³-hybridized carbons (Fsp3) is 0.222. The van der Waals surface area contributed by atoms with Crippen molar-refractivity contribution in [2.45, 2.75) is 13.3 Å². The molecule has 1 rings (SSSR count). The highest BCUT2D eigenvalue weighted by atomic mass is 16.3. The summed E-state index contributed by atoms with van der Waals surface area (Å²) in [7, 11) is 0. The molecule has 1 aromatic rings. The third-order valence-electron chi connectivity index (χ3n) is 1.35. The monoisotopic (exact) mass is 149 g/mol. The Hall–Kier alpha value is -1.31. The van der Waals surface area contributed by atoms with Crippen LogP contribution < -0.4 is 10.8 Å². The van der Waals surface area contributed by atoms with Crippen LogP contribution in [0.1, 0.15) is 12.8 Å². The number of rotatable bonds is 2. The standard InChI is InChI=1S/C9H11NO/c1-4-6-8-7(3)11-9(5-2)10-8/h4,6H,1,3,5H2,2H3/b8-6+. The molecule has 2 heteroatoms. The van der Waals surface area contributed by atoms with Crippen molar-refractivity contribution < 1.29 is 4.42 Å². The van der Waals surface area contributed by atoms with Gasteiger partial charge < -0.3 is 4.42 Å². The molecule has 0 aromatic carbocycles. The molecular weight excluding hydrogens is 138 g/mol. The quantitative estimate of drug-likeness (QED) is 0.616. The summed E-state index contributed by atoms with van der Waals surface area (Å²) in [4.78, 5) is 4.16. The average Bonchev–Trinajstić information content (AvgIpc) is 2.33. The fourth-order valence-corrected chi connectivity index (χ4v) is 0.807. The van der Waals surface area contributed by atoms with Gasteiger partial charge in [0.05, 0.1) is 0 Å². The van der Waals surface area contributed by atoms with Gasteiger partial charge in [-0.3, -0.25) is 0 Å². The highest BCUT2D eigenvalue weighted by Crippen LogP contribution is 1.85. The van der Waals surface area contributed by atoms with Gasteiger partial charge in [-0.2, -0.15) is 0 Å². The minimum absolute atomic E-state index is 0.613. The zero-order valence-electron chi connectivity index (χ0n) is 6.63. The van der Waals surface area contributed by atoms with Crippen LogP contribution in [0.4, 0.5) is 0 Å². The van der Waals surface area contributed by atoms with E-state index in [0.29, 0.717) is 5.42 Å². The summed E-state index contributed by atoms with van der Waals surface area (Å²) >= 11 is 0. The number of oxazole rings is 1. The van der Waals surface area contributed by atoms with E-state index in [9.17, 15) is 0 Å². The van der Waals surface area contributed by atoms with Crippen molar-refractivity contribution in [1.82, 2.24) is 4.98 Å². The largest absolute Gasteiger partial charge is 0.441 e. The van der Waals surface area contributed by atoms with Crippen LogP contribution in [0.3, 0.4) is 0 Å². The first-order valence-electron chi connectivity index (χ1n) is 3.55. The molecule has 0 spiro atoms. The molecule has 0 fully saturated rings. The molecule has 58 valence electrons. The summed E-state index contributed by atoms with van der Waals surface area (Å²) in [5.74, 6) is 0.725. The second-order valence-corrected chi connectivity index (χ2v) is 2.17. The Labute approximate surface area is 65.6 Å². The Morgan fingerprint density at radius 3 is 2.82 bits per heavy atom. The van der Waals surface area contributed by atoms with Crippen LogP contribution >= 0.6 is 0 Å². The van der Waals surface area contributed by atoms with Crippen molar-refractivity contribution in [2.75, 3.05) is 0 Å². The van der Waals surface area contributed by atoms with Gasteiger partial charge in [-0.05, 0) is 6.08 Å². The number of aromatic nitrogens is 1. The number of aryl methyl sites for hydroxylation is 1. The zero-order valence-corrected chi connectivity index (χ0v) is 6.63. The van der Waals surface area contributed by atoms with Crippen molar-refractivity contribution >= 4 is 12.7 Å². The van der Waals surface area contributed by atoms with Crippen molar-refractivity contribution in [2.24, 2.45) is 0 Å². The van der Waals surface area contributed by atoms with E-state index in [2.05, 4.69) is 18.1 Å². The molecule has 0 saturated carbocycles. The topological polar surface area (TPSA) is 26.0 Å². The second-order valence-electron chi connectivity index (χ2n) is 2.17. The second kappa shape index (κ2) is 3.19. The first kappa shape index (κ1) is 7.79. The molecule has 2 nitrogen and oxygen atoms in total. The molecule has 1 heterocycles. The first-order valence-corrected chi connectivity index (χ1v) is 3.55. The molecule has 0 aliphatic heterocycles. The number of hydrogen-bond acceptors (Lipinski definition) is 2. The molecule has 0 saturated heterocycles. The lowest BCUT2D eigenvalue weighted by atomic mass is 10.5. The molecule has 0 aliphatic carbocycles. The maximum atomic E-state index is 5.22. The molecule has 0 N–H and O–H groups in total. The van der Waals surface area contributed by atoms with E-state index in [-0.39, 0.29) is 0 Å². The van der Waals surface area contributed by atoms with Crippen LogP contribution in [0.5, 0.6) is 0 Å². The van der Waals surface area contributed by atoms with E-state index in [4.69, 9.17) is 4.42 Å². The zero-order chi connectivity index (χ0) is 8.27. The van der Waals surface area contributed by atoms with Gasteiger partial charge in [0, 0.05) is 6.42 Å². The summed E-state index contributed by atoms with van der Waals surface area (Å²) in [5, 5.41) is 0.775. The third kappa shape index (κ3) is 1.58. The van der Waals surface area contributed by atoms with Crippen molar-refractivity contribution in [1.29, 1.82) is 0 Å². The molecular formula is C9H11NO. The lowest BCUT2D eigenvalue weighted by Gasteiger charge is -1.78. The van der Waals surface area contributed by atoms with Crippen LogP contribution in [0.15, 0.2) is 17.1 Å². The van der Waals surface area contributed by atoms with Gasteiger partial charge in [-0.15, -0.1) is 0 Å². The van der Waals surface area contributed by atoms with Gasteiger partial charge in [0.15, 0.2) is 5.89 Å².